The molecule has 0 spiro atoms. The number of amides is 5. The molecule has 16 heteroatoms. The third-order valence-corrected chi connectivity index (χ3v) is 7.01. The highest BCUT2D eigenvalue weighted by Crippen LogP contribution is 2.37. The quantitative estimate of drug-likeness (QED) is 0.358. The van der Waals surface area contributed by atoms with E-state index in [0.717, 1.165) is 41.6 Å². The molecule has 0 saturated heterocycles. The van der Waals surface area contributed by atoms with Crippen molar-refractivity contribution in [3.63, 3.8) is 0 Å². The van der Waals surface area contributed by atoms with Gasteiger partial charge in [0.05, 0.1) is 31.5 Å². The molecule has 4 N–H and O–H groups in total. The summed E-state index contributed by atoms with van der Waals surface area (Å²) >= 11 is 0. The zero-order valence-corrected chi connectivity index (χ0v) is 21.6. The number of rotatable bonds is 7. The van der Waals surface area contributed by atoms with Crippen molar-refractivity contribution in [1.82, 2.24) is 19.8 Å². The molecule has 1 aromatic carbocycles. The number of urea groups is 2. The second kappa shape index (κ2) is 10.6. The number of aliphatic carboxylic acids is 1. The first-order chi connectivity index (χ1) is 19.9. The summed E-state index contributed by atoms with van der Waals surface area (Å²) in [5.41, 5.74) is 5.53. The number of benzene rings is 1. The van der Waals surface area contributed by atoms with Gasteiger partial charge >= 0.3 is 18.0 Å². The van der Waals surface area contributed by atoms with Crippen LogP contribution in [0.1, 0.15) is 29.7 Å². The van der Waals surface area contributed by atoms with Gasteiger partial charge in [-0.05, 0) is 25.1 Å². The molecule has 0 saturated carbocycles. The minimum atomic E-state index is -2.12. The summed E-state index contributed by atoms with van der Waals surface area (Å²) in [5, 5.41) is 12.5. The molecule has 218 valence electrons. The number of carboxylic acids is 1. The molecule has 0 radical (unpaired) electrons. The van der Waals surface area contributed by atoms with E-state index >= 15 is 0 Å². The molecule has 5 amide bonds. The van der Waals surface area contributed by atoms with E-state index < -0.39 is 78.4 Å². The summed E-state index contributed by atoms with van der Waals surface area (Å²) in [6, 6.07) is -2.91. The fourth-order valence-corrected chi connectivity index (χ4v) is 5.12. The first-order valence-electron chi connectivity index (χ1n) is 12.3. The number of nitrogens with one attached hydrogen (secondary N) is 1. The molecule has 0 aliphatic carbocycles. The van der Waals surface area contributed by atoms with Gasteiger partial charge in [-0.25, -0.2) is 41.9 Å². The Bertz CT molecular complexity index is 1640. The molecule has 2 aliphatic rings. The van der Waals surface area contributed by atoms with Gasteiger partial charge in [-0.15, -0.1) is 0 Å². The molecule has 5 rings (SSSR count). The lowest BCUT2D eigenvalue weighted by Gasteiger charge is -2.45. The largest absolute Gasteiger partial charge is 0.480 e. The van der Waals surface area contributed by atoms with Crippen LogP contribution in [0.2, 0.25) is 0 Å². The van der Waals surface area contributed by atoms with Gasteiger partial charge in [0.25, 0.3) is 0 Å². The first kappa shape index (κ1) is 28.3. The monoisotopic (exact) mass is 587 g/mol. The van der Waals surface area contributed by atoms with Crippen molar-refractivity contribution in [1.29, 1.82) is 0 Å². The number of nitrogens with two attached hydrogens (primary N) is 1. The number of fused-ring (bicyclic) bond motifs is 2. The molecule has 4 heterocycles. The maximum absolute atomic E-state index is 14.8. The van der Waals surface area contributed by atoms with Crippen LogP contribution in [-0.2, 0) is 22.7 Å². The average Bonchev–Trinajstić information content (AvgIpc) is 2.91. The van der Waals surface area contributed by atoms with E-state index in [4.69, 9.17) is 5.73 Å². The number of carbonyl (C=O) groups excluding carboxylic acids is 3. The van der Waals surface area contributed by atoms with E-state index in [2.05, 4.69) is 15.3 Å². The lowest BCUT2D eigenvalue weighted by molar-refractivity contribution is -0.147. The number of carboxylic acid groups (broad SMARTS) is 1. The number of carbonyl (C=O) groups is 4. The fourth-order valence-electron chi connectivity index (χ4n) is 5.12. The highest BCUT2D eigenvalue weighted by atomic mass is 19.1. The van der Waals surface area contributed by atoms with Gasteiger partial charge in [-0.3, -0.25) is 15.0 Å². The molecule has 3 atom stereocenters. The summed E-state index contributed by atoms with van der Waals surface area (Å²) in [5.74, 6) is -6.78. The molecule has 0 bridgehead atoms. The van der Waals surface area contributed by atoms with Crippen molar-refractivity contribution in [3.05, 3.63) is 82.7 Å². The van der Waals surface area contributed by atoms with Crippen LogP contribution in [0, 0.1) is 23.3 Å². The number of anilines is 2. The van der Waals surface area contributed by atoms with Crippen molar-refractivity contribution in [2.45, 2.75) is 38.1 Å². The number of aromatic nitrogens is 2. The van der Waals surface area contributed by atoms with Crippen LogP contribution in [0.25, 0.3) is 0 Å². The molecule has 2 unspecified atom stereocenters. The molecule has 42 heavy (non-hydrogen) atoms. The lowest BCUT2D eigenvalue weighted by atomic mass is 9.99. The average molecular weight is 587 g/mol. The van der Waals surface area contributed by atoms with E-state index in [1.54, 1.807) is 0 Å². The van der Waals surface area contributed by atoms with E-state index in [9.17, 15) is 41.8 Å². The number of nitrogens with zero attached hydrogens (tertiary/aromatic N) is 5. The number of hydrogen-bond acceptors (Lipinski definition) is 6. The van der Waals surface area contributed by atoms with Gasteiger partial charge in [0, 0.05) is 22.8 Å². The minimum absolute atomic E-state index is 0.000860. The smallest absolute Gasteiger partial charge is 0.329 e. The van der Waals surface area contributed by atoms with Crippen molar-refractivity contribution in [2.75, 3.05) is 10.2 Å². The van der Waals surface area contributed by atoms with Crippen molar-refractivity contribution >= 4 is 35.6 Å². The molecule has 0 fully saturated rings. The Morgan fingerprint density at radius 2 is 1.57 bits per heavy atom. The van der Waals surface area contributed by atoms with Crippen LogP contribution < -0.4 is 16.0 Å². The van der Waals surface area contributed by atoms with Crippen molar-refractivity contribution in [2.24, 2.45) is 5.73 Å². The third kappa shape index (κ3) is 4.90. The zero-order valence-electron chi connectivity index (χ0n) is 21.6. The molecule has 12 nitrogen and oxygen atoms in total. The predicted molar refractivity (Wildman–Crippen MR) is 136 cm³/mol. The highest BCUT2D eigenvalue weighted by molar-refractivity contribution is 6.01. The van der Waals surface area contributed by atoms with E-state index in [1.807, 2.05) is 0 Å². The molecule has 2 aliphatic heterocycles. The van der Waals surface area contributed by atoms with Crippen LogP contribution in [0.3, 0.4) is 0 Å². The number of halogens is 4. The van der Waals surface area contributed by atoms with E-state index in [0.29, 0.717) is 15.9 Å². The summed E-state index contributed by atoms with van der Waals surface area (Å²) < 4.78 is 56.5. The Kier molecular flexibility index (Phi) is 7.13. The van der Waals surface area contributed by atoms with Gasteiger partial charge in [-0.1, -0.05) is 6.07 Å². The summed E-state index contributed by atoms with van der Waals surface area (Å²) in [4.78, 5) is 62.4. The summed E-state index contributed by atoms with van der Waals surface area (Å²) in [7, 11) is 0. The maximum Gasteiger partial charge on any atom is 0.329 e. The maximum atomic E-state index is 14.8. The molecular formula is C26H21F4N7O5. The number of pyridine rings is 2. The Labute approximate surface area is 234 Å². The van der Waals surface area contributed by atoms with Crippen LogP contribution in [-0.4, -0.2) is 60.9 Å². The fraction of sp³-hybridized carbons (Fsp3) is 0.231. The first-order valence-corrected chi connectivity index (χ1v) is 12.3. The standard InChI is InChI=1S/C26H21F4N7O5/c1-11(17-3-2-14(27)6-18(17)30)37-23-13(5-16(29)8-33-23)10-36(26(37)42)19(21(31)38)20(24(39)40)35-9-12-4-15(28)7-32-22(12)34-25(35)41/h2-8,11,19-20H,9-10H2,1H3,(H2,31,38)(H,39,40)(H,32,34,41)/t11-,19?,20?/m0/s1. The predicted octanol–water partition coefficient (Wildman–Crippen LogP) is 2.89. The zero-order chi connectivity index (χ0) is 30.5. The van der Waals surface area contributed by atoms with Crippen LogP contribution in [0.15, 0.2) is 42.7 Å². The van der Waals surface area contributed by atoms with Gasteiger partial charge in [-0.2, -0.15) is 0 Å². The summed E-state index contributed by atoms with van der Waals surface area (Å²) in [6.07, 6.45) is 1.64. The van der Waals surface area contributed by atoms with Gasteiger partial charge in [0.2, 0.25) is 5.91 Å². The van der Waals surface area contributed by atoms with E-state index in [1.165, 1.54) is 6.92 Å². The normalized spacial score (nSPS) is 16.7. The lowest BCUT2D eigenvalue weighted by Crippen LogP contribution is -2.66. The van der Waals surface area contributed by atoms with Crippen LogP contribution >= 0.6 is 0 Å². The van der Waals surface area contributed by atoms with E-state index in [-0.39, 0.29) is 28.3 Å². The van der Waals surface area contributed by atoms with Crippen molar-refractivity contribution in [3.8, 4) is 0 Å². The van der Waals surface area contributed by atoms with Crippen LogP contribution in [0.5, 0.6) is 0 Å². The van der Waals surface area contributed by atoms with Gasteiger partial charge in [0.15, 0.2) is 6.04 Å². The molecule has 3 aromatic rings. The SMILES string of the molecule is C[C@@H](c1ccc(F)cc1F)N1C(=O)N(C(C(N)=O)C(C(=O)O)N2Cc3cc(F)cnc3NC2=O)Cc2cc(F)cnc21. The Balaban J connectivity index is 1.60. The second-order valence-corrected chi connectivity index (χ2v) is 9.61. The van der Waals surface area contributed by atoms with Crippen molar-refractivity contribution < 1.29 is 41.8 Å². The topological polar surface area (TPSA) is 162 Å². The molecular weight excluding hydrogens is 566 g/mol. The van der Waals surface area contributed by atoms with Gasteiger partial charge < -0.3 is 20.6 Å². The Hall–Kier alpha value is -5.28. The number of primary amides is 1. The highest BCUT2D eigenvalue weighted by Gasteiger charge is 2.49. The molecule has 2 aromatic heterocycles. The minimum Gasteiger partial charge on any atom is -0.480 e. The number of hydrogen-bond donors (Lipinski definition) is 3. The second-order valence-electron chi connectivity index (χ2n) is 9.61. The Morgan fingerprint density at radius 1 is 0.929 bits per heavy atom. The summed E-state index contributed by atoms with van der Waals surface area (Å²) in [6.45, 7) is 0.257. The van der Waals surface area contributed by atoms with Gasteiger partial charge in [0.1, 0.15) is 40.9 Å². The third-order valence-electron chi connectivity index (χ3n) is 7.01. The van der Waals surface area contributed by atoms with Crippen LogP contribution in [0.4, 0.5) is 38.8 Å². The Morgan fingerprint density at radius 3 is 2.21 bits per heavy atom.